The zero-order valence-electron chi connectivity index (χ0n) is 20.7. The van der Waals surface area contributed by atoms with E-state index in [2.05, 4.69) is 17.9 Å². The Morgan fingerprint density at radius 1 is 1.14 bits per heavy atom. The van der Waals surface area contributed by atoms with E-state index in [1.807, 2.05) is 59.5 Å². The Morgan fingerprint density at radius 3 is 2.67 bits per heavy atom. The predicted molar refractivity (Wildman–Crippen MR) is 138 cm³/mol. The van der Waals surface area contributed by atoms with Gasteiger partial charge in [0.05, 0.1) is 38.0 Å². The Labute approximate surface area is 211 Å². The summed E-state index contributed by atoms with van der Waals surface area (Å²) in [5.41, 5.74) is 5.46. The molecule has 0 aliphatic carbocycles. The highest BCUT2D eigenvalue weighted by Gasteiger charge is 2.32. The molecule has 7 heteroatoms. The van der Waals surface area contributed by atoms with E-state index in [-0.39, 0.29) is 11.9 Å². The van der Waals surface area contributed by atoms with Gasteiger partial charge in [0, 0.05) is 42.4 Å². The summed E-state index contributed by atoms with van der Waals surface area (Å²) in [4.78, 5) is 22.4. The quantitative estimate of drug-likeness (QED) is 0.547. The number of hydrogen-bond donors (Lipinski definition) is 0. The van der Waals surface area contributed by atoms with Gasteiger partial charge in [-0.2, -0.15) is 5.26 Å². The minimum absolute atomic E-state index is 0.0196. The number of methoxy groups -OCH3 is 1. The average Bonchev–Trinajstić information content (AvgIpc) is 2.92. The second-order valence-corrected chi connectivity index (χ2v) is 9.27. The lowest BCUT2D eigenvalue weighted by Gasteiger charge is -2.41. The summed E-state index contributed by atoms with van der Waals surface area (Å²) in [6, 6.07) is 20.1. The molecule has 2 aliphatic rings. The van der Waals surface area contributed by atoms with Crippen LogP contribution >= 0.6 is 0 Å². The fourth-order valence-electron chi connectivity index (χ4n) is 5.25. The van der Waals surface area contributed by atoms with E-state index in [1.54, 1.807) is 7.11 Å². The van der Waals surface area contributed by atoms with Gasteiger partial charge in [-0.15, -0.1) is 0 Å². The number of piperazine rings is 1. The van der Waals surface area contributed by atoms with Crippen molar-refractivity contribution in [3.63, 3.8) is 0 Å². The molecule has 5 rings (SSSR count). The number of benzene rings is 2. The van der Waals surface area contributed by atoms with Crippen LogP contribution in [0.1, 0.15) is 29.2 Å². The van der Waals surface area contributed by atoms with Crippen molar-refractivity contribution in [3.8, 4) is 23.1 Å². The standard InChI is InChI=1S/C29H30N4O3/c1-20-18-32(13-14-33(20)27(34)16-22-10-6-7-11-26(22)35-2)29-24(17-30)23-12-15-36-19-25(23)28(31-29)21-8-4-3-5-9-21/h3-11,20H,12-16,18-19H2,1-2H3. The van der Waals surface area contributed by atoms with Crippen LogP contribution in [-0.4, -0.2) is 55.2 Å². The van der Waals surface area contributed by atoms with Crippen LogP contribution in [0.4, 0.5) is 5.82 Å². The fourth-order valence-corrected chi connectivity index (χ4v) is 5.25. The molecule has 184 valence electrons. The zero-order valence-corrected chi connectivity index (χ0v) is 20.7. The summed E-state index contributed by atoms with van der Waals surface area (Å²) in [5.74, 6) is 1.51. The third-order valence-corrected chi connectivity index (χ3v) is 7.08. The molecule has 0 N–H and O–H groups in total. The molecule has 0 spiro atoms. The third kappa shape index (κ3) is 4.52. The number of amides is 1. The molecule has 0 bridgehead atoms. The van der Waals surface area contributed by atoms with Crippen LogP contribution in [0.25, 0.3) is 11.3 Å². The molecular formula is C29H30N4O3. The van der Waals surface area contributed by atoms with E-state index in [0.717, 1.165) is 33.7 Å². The van der Waals surface area contributed by atoms with E-state index in [0.29, 0.717) is 57.1 Å². The monoisotopic (exact) mass is 482 g/mol. The van der Waals surface area contributed by atoms with Gasteiger partial charge >= 0.3 is 0 Å². The average molecular weight is 483 g/mol. The molecule has 3 aromatic rings. The van der Waals surface area contributed by atoms with E-state index >= 15 is 0 Å². The number of hydrogen-bond acceptors (Lipinski definition) is 6. The molecule has 0 saturated carbocycles. The maximum Gasteiger partial charge on any atom is 0.227 e. The van der Waals surface area contributed by atoms with Crippen LogP contribution in [0.15, 0.2) is 54.6 Å². The number of nitriles is 1. The first-order valence-corrected chi connectivity index (χ1v) is 12.4. The minimum atomic E-state index is -0.0196. The van der Waals surface area contributed by atoms with E-state index in [9.17, 15) is 10.1 Å². The maximum absolute atomic E-state index is 13.2. The molecule has 7 nitrogen and oxygen atoms in total. The molecule has 1 saturated heterocycles. The van der Waals surface area contributed by atoms with Crippen molar-refractivity contribution in [1.82, 2.24) is 9.88 Å². The Hall–Kier alpha value is -3.89. The number of anilines is 1. The number of para-hydroxylation sites is 1. The molecule has 1 fully saturated rings. The van der Waals surface area contributed by atoms with Crippen LogP contribution < -0.4 is 9.64 Å². The zero-order chi connectivity index (χ0) is 25.1. The van der Waals surface area contributed by atoms with Crippen LogP contribution in [0.3, 0.4) is 0 Å². The Kier molecular flexibility index (Phi) is 6.88. The van der Waals surface area contributed by atoms with Crippen molar-refractivity contribution >= 4 is 11.7 Å². The van der Waals surface area contributed by atoms with Crippen LogP contribution in [0, 0.1) is 11.3 Å². The topological polar surface area (TPSA) is 78.7 Å². The van der Waals surface area contributed by atoms with Gasteiger partial charge in [0.1, 0.15) is 17.6 Å². The number of ether oxygens (including phenoxy) is 2. The summed E-state index contributed by atoms with van der Waals surface area (Å²) >= 11 is 0. The predicted octanol–water partition coefficient (Wildman–Crippen LogP) is 3.98. The number of nitrogens with zero attached hydrogens (tertiary/aromatic N) is 4. The summed E-state index contributed by atoms with van der Waals surface area (Å²) < 4.78 is 11.2. The van der Waals surface area contributed by atoms with Gasteiger partial charge in [-0.25, -0.2) is 4.98 Å². The molecule has 1 amide bonds. The van der Waals surface area contributed by atoms with Crippen LogP contribution in [-0.2, 0) is 29.0 Å². The number of rotatable bonds is 5. The smallest absolute Gasteiger partial charge is 0.227 e. The molecule has 2 aromatic carbocycles. The summed E-state index contributed by atoms with van der Waals surface area (Å²) in [6.45, 7) is 4.92. The molecule has 1 atom stereocenters. The van der Waals surface area contributed by atoms with Crippen LogP contribution in [0.2, 0.25) is 0 Å². The van der Waals surface area contributed by atoms with Gasteiger partial charge in [0.15, 0.2) is 0 Å². The van der Waals surface area contributed by atoms with Crippen molar-refractivity contribution in [2.24, 2.45) is 0 Å². The van der Waals surface area contributed by atoms with Gasteiger partial charge in [-0.3, -0.25) is 4.79 Å². The molecule has 3 heterocycles. The van der Waals surface area contributed by atoms with E-state index in [4.69, 9.17) is 14.5 Å². The first kappa shape index (κ1) is 23.8. The second-order valence-electron chi connectivity index (χ2n) is 9.27. The number of aromatic nitrogens is 1. The number of fused-ring (bicyclic) bond motifs is 1. The SMILES string of the molecule is COc1ccccc1CC(=O)N1CCN(c2nc(-c3ccccc3)c3c(c2C#N)CCOC3)CC1C. The maximum atomic E-state index is 13.2. The summed E-state index contributed by atoms with van der Waals surface area (Å²) in [7, 11) is 1.62. The lowest BCUT2D eigenvalue weighted by Crippen LogP contribution is -2.55. The number of carbonyl (C=O) groups excluding carboxylic acids is 1. The molecule has 36 heavy (non-hydrogen) atoms. The molecule has 1 unspecified atom stereocenters. The van der Waals surface area contributed by atoms with Gasteiger partial charge in [-0.05, 0) is 25.0 Å². The fraction of sp³-hybridized carbons (Fsp3) is 0.345. The lowest BCUT2D eigenvalue weighted by atomic mass is 9.93. The van der Waals surface area contributed by atoms with Gasteiger partial charge in [-0.1, -0.05) is 48.5 Å². The highest BCUT2D eigenvalue weighted by molar-refractivity contribution is 5.80. The van der Waals surface area contributed by atoms with Gasteiger partial charge < -0.3 is 19.3 Å². The Balaban J connectivity index is 1.42. The third-order valence-electron chi connectivity index (χ3n) is 7.08. The van der Waals surface area contributed by atoms with Gasteiger partial charge in [0.25, 0.3) is 0 Å². The summed E-state index contributed by atoms with van der Waals surface area (Å²) in [6.07, 6.45) is 0.994. The Bertz CT molecular complexity index is 1300. The van der Waals surface area contributed by atoms with Crippen molar-refractivity contribution in [2.75, 3.05) is 38.3 Å². The molecule has 0 radical (unpaired) electrons. The normalized spacial score (nSPS) is 17.3. The largest absolute Gasteiger partial charge is 0.496 e. The molecular weight excluding hydrogens is 452 g/mol. The molecule has 1 aromatic heterocycles. The van der Waals surface area contributed by atoms with E-state index in [1.165, 1.54) is 0 Å². The molecule has 2 aliphatic heterocycles. The summed E-state index contributed by atoms with van der Waals surface area (Å²) in [5, 5.41) is 10.2. The van der Waals surface area contributed by atoms with Crippen molar-refractivity contribution in [1.29, 1.82) is 5.26 Å². The van der Waals surface area contributed by atoms with Crippen molar-refractivity contribution in [3.05, 3.63) is 76.9 Å². The lowest BCUT2D eigenvalue weighted by molar-refractivity contribution is -0.132. The highest BCUT2D eigenvalue weighted by atomic mass is 16.5. The second kappa shape index (κ2) is 10.4. The van der Waals surface area contributed by atoms with E-state index < -0.39 is 0 Å². The first-order valence-electron chi connectivity index (χ1n) is 12.4. The highest BCUT2D eigenvalue weighted by Crippen LogP contribution is 2.35. The Morgan fingerprint density at radius 2 is 1.92 bits per heavy atom. The van der Waals surface area contributed by atoms with Crippen molar-refractivity contribution < 1.29 is 14.3 Å². The number of pyridine rings is 1. The minimum Gasteiger partial charge on any atom is -0.496 e. The number of carbonyl (C=O) groups is 1. The first-order chi connectivity index (χ1) is 17.6. The van der Waals surface area contributed by atoms with Gasteiger partial charge in [0.2, 0.25) is 5.91 Å². The van der Waals surface area contributed by atoms with Crippen LogP contribution in [0.5, 0.6) is 5.75 Å². The van der Waals surface area contributed by atoms with Crippen molar-refractivity contribution in [2.45, 2.75) is 32.4 Å².